The van der Waals surface area contributed by atoms with Crippen molar-refractivity contribution in [2.24, 2.45) is 0 Å². The Hall–Kier alpha value is -1.77. The number of carbonyl (C=O) groups is 1. The van der Waals surface area contributed by atoms with Gasteiger partial charge in [-0.2, -0.15) is 0 Å². The van der Waals surface area contributed by atoms with Gasteiger partial charge in [-0.25, -0.2) is 0 Å². The van der Waals surface area contributed by atoms with Gasteiger partial charge in [0.05, 0.1) is 6.42 Å². The number of carboxylic acids is 1. The fourth-order valence-electron chi connectivity index (χ4n) is 1.77. The number of fused-ring (bicyclic) bond motifs is 1. The van der Waals surface area contributed by atoms with Crippen molar-refractivity contribution >= 4 is 16.9 Å². The molecule has 0 fully saturated rings. The van der Waals surface area contributed by atoms with E-state index in [0.717, 1.165) is 16.6 Å². The van der Waals surface area contributed by atoms with E-state index in [0.29, 0.717) is 0 Å². The Morgan fingerprint density at radius 2 is 2.13 bits per heavy atom. The molecule has 0 aliphatic rings. The SMILES string of the molecule is Cc1ccc2cc(CC(=O)O)[nH]c2c1C. The summed E-state index contributed by atoms with van der Waals surface area (Å²) in [5, 5.41) is 9.77. The predicted octanol–water partition coefficient (Wildman–Crippen LogP) is 2.41. The van der Waals surface area contributed by atoms with Crippen LogP contribution in [0.1, 0.15) is 16.8 Å². The lowest BCUT2D eigenvalue weighted by Gasteiger charge is -2.00. The number of aliphatic carboxylic acids is 1. The molecule has 3 heteroatoms. The smallest absolute Gasteiger partial charge is 0.309 e. The Labute approximate surface area is 87.7 Å². The summed E-state index contributed by atoms with van der Waals surface area (Å²) >= 11 is 0. The van der Waals surface area contributed by atoms with Crippen molar-refractivity contribution < 1.29 is 9.90 Å². The average Bonchev–Trinajstić information content (AvgIpc) is 2.54. The summed E-state index contributed by atoms with van der Waals surface area (Å²) in [7, 11) is 0. The van der Waals surface area contributed by atoms with Crippen LogP contribution in [-0.4, -0.2) is 16.1 Å². The molecule has 15 heavy (non-hydrogen) atoms. The topological polar surface area (TPSA) is 53.1 Å². The van der Waals surface area contributed by atoms with Crippen LogP contribution in [0.5, 0.6) is 0 Å². The molecular formula is C12H13NO2. The number of carboxylic acid groups (broad SMARTS) is 1. The number of nitrogens with one attached hydrogen (secondary N) is 1. The first-order chi connectivity index (χ1) is 7.08. The molecule has 0 saturated carbocycles. The summed E-state index contributed by atoms with van der Waals surface area (Å²) in [6, 6.07) is 5.96. The number of rotatable bonds is 2. The molecule has 78 valence electrons. The van der Waals surface area contributed by atoms with Crippen LogP contribution in [-0.2, 0) is 11.2 Å². The lowest BCUT2D eigenvalue weighted by Crippen LogP contribution is -1.99. The van der Waals surface area contributed by atoms with Gasteiger partial charge in [-0.05, 0) is 36.4 Å². The van der Waals surface area contributed by atoms with Crippen LogP contribution in [0.25, 0.3) is 10.9 Å². The summed E-state index contributed by atoms with van der Waals surface area (Å²) in [6.45, 7) is 4.09. The van der Waals surface area contributed by atoms with Crippen molar-refractivity contribution in [3.63, 3.8) is 0 Å². The highest BCUT2D eigenvalue weighted by atomic mass is 16.4. The van der Waals surface area contributed by atoms with Crippen LogP contribution in [0.3, 0.4) is 0 Å². The van der Waals surface area contributed by atoms with Gasteiger partial charge in [-0.3, -0.25) is 4.79 Å². The third-order valence-electron chi connectivity index (χ3n) is 2.73. The zero-order valence-electron chi connectivity index (χ0n) is 8.79. The molecule has 1 aromatic carbocycles. The lowest BCUT2D eigenvalue weighted by molar-refractivity contribution is -0.136. The molecule has 2 N–H and O–H groups in total. The monoisotopic (exact) mass is 203 g/mol. The van der Waals surface area contributed by atoms with Gasteiger partial charge in [0.15, 0.2) is 0 Å². The molecule has 1 aromatic heterocycles. The molecule has 0 amide bonds. The summed E-state index contributed by atoms with van der Waals surface area (Å²) in [4.78, 5) is 13.7. The number of aryl methyl sites for hydroxylation is 2. The molecule has 0 aliphatic carbocycles. The fourth-order valence-corrected chi connectivity index (χ4v) is 1.77. The van der Waals surface area contributed by atoms with Crippen LogP contribution in [0, 0.1) is 13.8 Å². The predicted molar refractivity (Wildman–Crippen MR) is 59.1 cm³/mol. The first kappa shape index (κ1) is 9.77. The molecule has 0 spiro atoms. The minimum Gasteiger partial charge on any atom is -0.481 e. The maximum Gasteiger partial charge on any atom is 0.309 e. The maximum absolute atomic E-state index is 10.6. The van der Waals surface area contributed by atoms with Crippen molar-refractivity contribution in [2.45, 2.75) is 20.3 Å². The molecule has 2 aromatic rings. The van der Waals surface area contributed by atoms with Crippen molar-refractivity contribution in [2.75, 3.05) is 0 Å². The fraction of sp³-hybridized carbons (Fsp3) is 0.250. The van der Waals surface area contributed by atoms with E-state index in [9.17, 15) is 4.79 Å². The Morgan fingerprint density at radius 3 is 2.80 bits per heavy atom. The van der Waals surface area contributed by atoms with E-state index in [2.05, 4.69) is 11.1 Å². The summed E-state index contributed by atoms with van der Waals surface area (Å²) < 4.78 is 0. The zero-order chi connectivity index (χ0) is 11.0. The number of hydrogen-bond acceptors (Lipinski definition) is 1. The number of benzene rings is 1. The molecule has 2 rings (SSSR count). The van der Waals surface area contributed by atoms with Crippen LogP contribution < -0.4 is 0 Å². The quantitative estimate of drug-likeness (QED) is 0.787. The lowest BCUT2D eigenvalue weighted by atomic mass is 10.1. The van der Waals surface area contributed by atoms with Gasteiger partial charge < -0.3 is 10.1 Å². The zero-order valence-corrected chi connectivity index (χ0v) is 8.79. The molecule has 0 radical (unpaired) electrons. The molecule has 1 heterocycles. The standard InChI is InChI=1S/C12H13NO2/c1-7-3-4-9-5-10(6-11(14)15)13-12(9)8(7)2/h3-5,13H,6H2,1-2H3,(H,14,15). The van der Waals surface area contributed by atoms with Gasteiger partial charge in [0.25, 0.3) is 0 Å². The third-order valence-corrected chi connectivity index (χ3v) is 2.73. The molecule has 3 nitrogen and oxygen atoms in total. The molecule has 0 unspecified atom stereocenters. The Morgan fingerprint density at radius 1 is 1.40 bits per heavy atom. The first-order valence-corrected chi connectivity index (χ1v) is 4.87. The van der Waals surface area contributed by atoms with Crippen molar-refractivity contribution in [3.8, 4) is 0 Å². The number of H-pyrrole nitrogens is 1. The molecule has 0 bridgehead atoms. The molecule has 0 saturated heterocycles. The first-order valence-electron chi connectivity index (χ1n) is 4.87. The molecular weight excluding hydrogens is 190 g/mol. The van der Waals surface area contributed by atoms with E-state index in [-0.39, 0.29) is 6.42 Å². The van der Waals surface area contributed by atoms with Gasteiger partial charge in [0.1, 0.15) is 0 Å². The van der Waals surface area contributed by atoms with Gasteiger partial charge >= 0.3 is 5.97 Å². The summed E-state index contributed by atoms with van der Waals surface area (Å²) in [5.74, 6) is -0.809. The molecule has 0 atom stereocenters. The third kappa shape index (κ3) is 1.73. The second-order valence-corrected chi connectivity index (χ2v) is 3.84. The average molecular weight is 203 g/mol. The molecule has 0 aliphatic heterocycles. The van der Waals surface area contributed by atoms with Crippen LogP contribution in [0.15, 0.2) is 18.2 Å². The Balaban J connectivity index is 2.56. The highest BCUT2D eigenvalue weighted by Gasteiger charge is 2.07. The minimum absolute atomic E-state index is 0.0488. The van der Waals surface area contributed by atoms with Crippen LogP contribution in [0.2, 0.25) is 0 Å². The number of aromatic amines is 1. The van der Waals surface area contributed by atoms with Gasteiger partial charge in [-0.15, -0.1) is 0 Å². The number of aromatic nitrogens is 1. The van der Waals surface area contributed by atoms with Gasteiger partial charge in [0.2, 0.25) is 0 Å². The largest absolute Gasteiger partial charge is 0.481 e. The Bertz CT molecular complexity index is 526. The van der Waals surface area contributed by atoms with E-state index >= 15 is 0 Å². The van der Waals surface area contributed by atoms with E-state index in [1.54, 1.807) is 0 Å². The van der Waals surface area contributed by atoms with Crippen LogP contribution >= 0.6 is 0 Å². The highest BCUT2D eigenvalue weighted by Crippen LogP contribution is 2.22. The van der Waals surface area contributed by atoms with E-state index in [1.807, 2.05) is 26.0 Å². The maximum atomic E-state index is 10.6. The van der Waals surface area contributed by atoms with Gasteiger partial charge in [-0.1, -0.05) is 12.1 Å². The summed E-state index contributed by atoms with van der Waals surface area (Å²) in [6.07, 6.45) is 0.0488. The highest BCUT2D eigenvalue weighted by molar-refractivity contribution is 5.85. The van der Waals surface area contributed by atoms with Crippen molar-refractivity contribution in [3.05, 3.63) is 35.0 Å². The normalized spacial score (nSPS) is 10.8. The summed E-state index contributed by atoms with van der Waals surface area (Å²) in [5.41, 5.74) is 4.20. The van der Waals surface area contributed by atoms with Crippen molar-refractivity contribution in [1.82, 2.24) is 4.98 Å². The minimum atomic E-state index is -0.809. The van der Waals surface area contributed by atoms with Crippen LogP contribution in [0.4, 0.5) is 0 Å². The van der Waals surface area contributed by atoms with Crippen molar-refractivity contribution in [1.29, 1.82) is 0 Å². The van der Waals surface area contributed by atoms with E-state index < -0.39 is 5.97 Å². The number of hydrogen-bond donors (Lipinski definition) is 2. The van der Waals surface area contributed by atoms with Gasteiger partial charge in [0, 0.05) is 11.2 Å². The van der Waals surface area contributed by atoms with E-state index in [4.69, 9.17) is 5.11 Å². The second-order valence-electron chi connectivity index (χ2n) is 3.84. The Kier molecular flexibility index (Phi) is 2.23. The second kappa shape index (κ2) is 3.42. The van der Waals surface area contributed by atoms with E-state index in [1.165, 1.54) is 11.1 Å².